The van der Waals surface area contributed by atoms with E-state index in [1.54, 1.807) is 6.92 Å². The minimum absolute atomic E-state index is 0.136. The minimum Gasteiger partial charge on any atom is -0.465 e. The van der Waals surface area contributed by atoms with Crippen LogP contribution in [0.4, 0.5) is 0 Å². The molecule has 6 heteroatoms. The number of hydrogen-bond donors (Lipinski definition) is 0. The maximum Gasteiger partial charge on any atom is 0.327 e. The SMILES string of the molecule is CCCc1cc2c(C(C)C)nn(CC(=O)OCC)c(=O)c2s1. The van der Waals surface area contributed by atoms with Crippen LogP contribution in [0.15, 0.2) is 10.9 Å². The molecule has 120 valence electrons. The van der Waals surface area contributed by atoms with Crippen molar-refractivity contribution in [3.05, 3.63) is 27.0 Å². The lowest BCUT2D eigenvalue weighted by Crippen LogP contribution is -2.28. The van der Waals surface area contributed by atoms with Gasteiger partial charge in [-0.1, -0.05) is 27.2 Å². The molecule has 2 aromatic heterocycles. The molecule has 0 radical (unpaired) electrons. The van der Waals surface area contributed by atoms with Crippen LogP contribution in [0.5, 0.6) is 0 Å². The second kappa shape index (κ2) is 7.05. The summed E-state index contributed by atoms with van der Waals surface area (Å²) in [4.78, 5) is 25.4. The Kier molecular flexibility index (Phi) is 5.34. The summed E-state index contributed by atoms with van der Waals surface area (Å²) in [5.74, 6) is -0.253. The van der Waals surface area contributed by atoms with Gasteiger partial charge < -0.3 is 4.74 Å². The summed E-state index contributed by atoms with van der Waals surface area (Å²) in [5.41, 5.74) is 0.650. The normalized spacial score (nSPS) is 11.3. The second-order valence-electron chi connectivity index (χ2n) is 5.51. The topological polar surface area (TPSA) is 61.2 Å². The van der Waals surface area contributed by atoms with Gasteiger partial charge in [-0.25, -0.2) is 4.68 Å². The lowest BCUT2D eigenvalue weighted by molar-refractivity contribution is -0.144. The van der Waals surface area contributed by atoms with E-state index in [2.05, 4.69) is 18.1 Å². The molecule has 0 N–H and O–H groups in total. The van der Waals surface area contributed by atoms with Crippen LogP contribution in [-0.2, 0) is 22.5 Å². The lowest BCUT2D eigenvalue weighted by atomic mass is 10.1. The van der Waals surface area contributed by atoms with Gasteiger partial charge in [-0.15, -0.1) is 11.3 Å². The molecule has 0 amide bonds. The summed E-state index contributed by atoms with van der Waals surface area (Å²) in [5, 5.41) is 5.33. The van der Waals surface area contributed by atoms with Crippen LogP contribution in [0.3, 0.4) is 0 Å². The van der Waals surface area contributed by atoms with Gasteiger partial charge in [-0.2, -0.15) is 5.10 Å². The van der Waals surface area contributed by atoms with Crippen molar-refractivity contribution in [3.8, 4) is 0 Å². The molecule has 0 spiro atoms. The Labute approximate surface area is 133 Å². The largest absolute Gasteiger partial charge is 0.465 e. The van der Waals surface area contributed by atoms with E-state index >= 15 is 0 Å². The maximum atomic E-state index is 12.6. The molecule has 2 aromatic rings. The highest BCUT2D eigenvalue weighted by molar-refractivity contribution is 7.19. The van der Waals surface area contributed by atoms with Crippen LogP contribution >= 0.6 is 11.3 Å². The van der Waals surface area contributed by atoms with Crippen molar-refractivity contribution in [3.63, 3.8) is 0 Å². The molecular formula is C16H22N2O3S. The fourth-order valence-corrected chi connectivity index (χ4v) is 3.58. The summed E-state index contributed by atoms with van der Waals surface area (Å²) < 4.78 is 6.85. The Morgan fingerprint density at radius 3 is 2.73 bits per heavy atom. The number of esters is 1. The molecule has 22 heavy (non-hydrogen) atoms. The zero-order valence-corrected chi connectivity index (χ0v) is 14.3. The Morgan fingerprint density at radius 2 is 2.14 bits per heavy atom. The molecule has 0 aliphatic rings. The number of carbonyl (C=O) groups is 1. The minimum atomic E-state index is -0.434. The van der Waals surface area contributed by atoms with Crippen molar-refractivity contribution in [2.75, 3.05) is 6.61 Å². The van der Waals surface area contributed by atoms with Gasteiger partial charge in [0.05, 0.1) is 12.3 Å². The van der Waals surface area contributed by atoms with Gasteiger partial charge in [0.1, 0.15) is 11.2 Å². The van der Waals surface area contributed by atoms with Gasteiger partial charge in [0, 0.05) is 10.3 Å². The number of thiophene rings is 1. The van der Waals surface area contributed by atoms with Crippen LogP contribution in [0.2, 0.25) is 0 Å². The average Bonchev–Trinajstić information content (AvgIpc) is 2.86. The van der Waals surface area contributed by atoms with Crippen molar-refractivity contribution in [1.29, 1.82) is 0 Å². The number of hydrogen-bond acceptors (Lipinski definition) is 5. The molecule has 0 bridgehead atoms. The third-order valence-corrected chi connectivity index (χ3v) is 4.53. The average molecular weight is 322 g/mol. The van der Waals surface area contributed by atoms with E-state index in [0.29, 0.717) is 11.3 Å². The van der Waals surface area contributed by atoms with Crippen molar-refractivity contribution in [1.82, 2.24) is 9.78 Å². The van der Waals surface area contributed by atoms with E-state index in [-0.39, 0.29) is 18.0 Å². The molecule has 0 saturated heterocycles. The van der Waals surface area contributed by atoms with E-state index in [0.717, 1.165) is 23.9 Å². The molecule has 0 unspecified atom stereocenters. The first-order valence-electron chi connectivity index (χ1n) is 7.66. The first-order valence-corrected chi connectivity index (χ1v) is 8.48. The maximum absolute atomic E-state index is 12.6. The van der Waals surface area contributed by atoms with E-state index in [9.17, 15) is 9.59 Å². The summed E-state index contributed by atoms with van der Waals surface area (Å²) in [6, 6.07) is 2.07. The number of fused-ring (bicyclic) bond motifs is 1. The van der Waals surface area contributed by atoms with Gasteiger partial charge in [-0.3, -0.25) is 9.59 Å². The molecule has 0 aliphatic heterocycles. The summed E-state index contributed by atoms with van der Waals surface area (Å²) >= 11 is 1.51. The van der Waals surface area contributed by atoms with Gasteiger partial charge in [0.25, 0.3) is 5.56 Å². The van der Waals surface area contributed by atoms with Crippen LogP contribution in [0.25, 0.3) is 10.1 Å². The van der Waals surface area contributed by atoms with E-state index in [1.807, 2.05) is 13.8 Å². The fourth-order valence-electron chi connectivity index (χ4n) is 2.37. The third kappa shape index (κ3) is 3.38. The third-order valence-electron chi connectivity index (χ3n) is 3.34. The quantitative estimate of drug-likeness (QED) is 0.767. The number of nitrogens with zero attached hydrogens (tertiary/aromatic N) is 2. The van der Waals surface area contributed by atoms with Crippen LogP contribution in [-0.4, -0.2) is 22.4 Å². The van der Waals surface area contributed by atoms with E-state index in [1.165, 1.54) is 20.9 Å². The highest BCUT2D eigenvalue weighted by atomic mass is 32.1. The lowest BCUT2D eigenvalue weighted by Gasteiger charge is -2.10. The van der Waals surface area contributed by atoms with Crippen molar-refractivity contribution >= 4 is 27.4 Å². The first kappa shape index (κ1) is 16.7. The highest BCUT2D eigenvalue weighted by Crippen LogP contribution is 2.29. The molecule has 0 atom stereocenters. The molecular weight excluding hydrogens is 300 g/mol. The molecule has 0 aromatic carbocycles. The Hall–Kier alpha value is -1.69. The predicted molar refractivity (Wildman–Crippen MR) is 88.6 cm³/mol. The molecule has 2 heterocycles. The standard InChI is InChI=1S/C16H22N2O3S/c1-5-7-11-8-12-14(10(3)4)17-18(9-13(19)21-6-2)16(20)15(12)22-11/h8,10H,5-7,9H2,1-4H3. The van der Waals surface area contributed by atoms with Gasteiger partial charge in [0.2, 0.25) is 0 Å². The molecule has 0 aliphatic carbocycles. The first-order chi connectivity index (χ1) is 10.5. The zero-order valence-electron chi connectivity index (χ0n) is 13.5. The van der Waals surface area contributed by atoms with Gasteiger partial charge in [-0.05, 0) is 25.3 Å². The van der Waals surface area contributed by atoms with E-state index in [4.69, 9.17) is 4.74 Å². The molecule has 5 nitrogen and oxygen atoms in total. The Bertz CT molecular complexity index is 731. The number of aromatic nitrogens is 2. The summed E-state index contributed by atoms with van der Waals surface area (Å²) in [6.45, 7) is 8.10. The zero-order chi connectivity index (χ0) is 16.3. The number of aryl methyl sites for hydroxylation is 1. The monoisotopic (exact) mass is 322 g/mol. The van der Waals surface area contributed by atoms with Crippen LogP contribution < -0.4 is 5.56 Å². The molecule has 0 saturated carbocycles. The number of rotatable bonds is 6. The number of ether oxygens (including phenoxy) is 1. The van der Waals surface area contributed by atoms with Crippen molar-refractivity contribution in [2.24, 2.45) is 0 Å². The molecule has 2 rings (SSSR count). The van der Waals surface area contributed by atoms with Crippen molar-refractivity contribution in [2.45, 2.75) is 53.0 Å². The summed E-state index contributed by atoms with van der Waals surface area (Å²) in [7, 11) is 0. The Balaban J connectivity index is 2.56. The van der Waals surface area contributed by atoms with E-state index < -0.39 is 5.97 Å². The van der Waals surface area contributed by atoms with Crippen LogP contribution in [0, 0.1) is 0 Å². The molecule has 0 fully saturated rings. The smallest absolute Gasteiger partial charge is 0.327 e. The number of carbonyl (C=O) groups excluding carboxylic acids is 1. The van der Waals surface area contributed by atoms with Crippen molar-refractivity contribution < 1.29 is 9.53 Å². The Morgan fingerprint density at radius 1 is 1.41 bits per heavy atom. The van der Waals surface area contributed by atoms with Gasteiger partial charge >= 0.3 is 5.97 Å². The predicted octanol–water partition coefficient (Wildman–Crippen LogP) is 3.10. The second-order valence-corrected chi connectivity index (χ2v) is 6.65. The highest BCUT2D eigenvalue weighted by Gasteiger charge is 2.18. The summed E-state index contributed by atoms with van der Waals surface area (Å²) in [6.07, 6.45) is 1.99. The van der Waals surface area contributed by atoms with Gasteiger partial charge in [0.15, 0.2) is 0 Å². The fraction of sp³-hybridized carbons (Fsp3) is 0.562. The van der Waals surface area contributed by atoms with Crippen LogP contribution in [0.1, 0.15) is 50.6 Å².